The van der Waals surface area contributed by atoms with Crippen molar-refractivity contribution in [2.24, 2.45) is 0 Å². The van der Waals surface area contributed by atoms with Crippen molar-refractivity contribution in [3.63, 3.8) is 0 Å². The summed E-state index contributed by atoms with van der Waals surface area (Å²) in [6.45, 7) is 9.42. The minimum atomic E-state index is 0.832. The van der Waals surface area contributed by atoms with E-state index < -0.39 is 0 Å². The molecular weight excluding hydrogens is 340 g/mol. The van der Waals surface area contributed by atoms with Gasteiger partial charge in [-0.1, -0.05) is 67.3 Å². The molecule has 0 spiro atoms. The maximum absolute atomic E-state index is 5.73. The Morgan fingerprint density at radius 3 is 2.50 bits per heavy atom. The molecule has 0 aromatic heterocycles. The first kappa shape index (κ1) is 18.3. The SMILES string of the molecule is C=C(/C=C(/C)c1ccccc1C)c1ccc(-c2ccc3c(c2)CCCO3)cc1. The van der Waals surface area contributed by atoms with E-state index in [-0.39, 0.29) is 0 Å². The predicted octanol–water partition coefficient (Wildman–Crippen LogP) is 7.10. The molecule has 0 fully saturated rings. The van der Waals surface area contributed by atoms with Crippen LogP contribution in [0.15, 0.2) is 79.4 Å². The first-order chi connectivity index (χ1) is 13.6. The Kier molecular flexibility index (Phi) is 5.16. The molecule has 0 unspecified atom stereocenters. The third kappa shape index (κ3) is 3.80. The largest absolute Gasteiger partial charge is 0.493 e. The summed E-state index contributed by atoms with van der Waals surface area (Å²) in [6, 6.07) is 23.7. The van der Waals surface area contributed by atoms with Crippen LogP contribution >= 0.6 is 0 Å². The standard InChI is InChI=1S/C27H26O/c1-19-7-4-5-9-26(19)21(3)17-20(2)22-10-12-23(13-11-22)24-14-15-27-25(18-24)8-6-16-28-27/h4-5,7,9-15,17-18H,2,6,8,16H2,1,3H3/b21-17-. The van der Waals surface area contributed by atoms with Gasteiger partial charge in [0.05, 0.1) is 6.61 Å². The average Bonchev–Trinajstić information content (AvgIpc) is 2.73. The molecule has 0 saturated heterocycles. The van der Waals surface area contributed by atoms with Crippen molar-refractivity contribution >= 4 is 11.1 Å². The van der Waals surface area contributed by atoms with Gasteiger partial charge in [-0.25, -0.2) is 0 Å². The lowest BCUT2D eigenvalue weighted by Crippen LogP contribution is -2.07. The molecule has 0 atom stereocenters. The van der Waals surface area contributed by atoms with E-state index in [4.69, 9.17) is 4.74 Å². The second-order valence-corrected chi connectivity index (χ2v) is 7.52. The molecule has 3 aromatic carbocycles. The molecule has 0 N–H and O–H groups in total. The van der Waals surface area contributed by atoms with Gasteiger partial charge in [-0.2, -0.15) is 0 Å². The number of allylic oxidation sites excluding steroid dienone is 3. The lowest BCUT2D eigenvalue weighted by molar-refractivity contribution is 0.288. The summed E-state index contributed by atoms with van der Waals surface area (Å²) in [6.07, 6.45) is 4.37. The van der Waals surface area contributed by atoms with E-state index in [0.717, 1.165) is 36.3 Å². The average molecular weight is 367 g/mol. The molecule has 140 valence electrons. The van der Waals surface area contributed by atoms with E-state index in [0.29, 0.717) is 0 Å². The molecule has 4 rings (SSSR count). The molecule has 0 bridgehead atoms. The number of fused-ring (bicyclic) bond motifs is 1. The van der Waals surface area contributed by atoms with Crippen LogP contribution in [0, 0.1) is 6.92 Å². The minimum absolute atomic E-state index is 0.832. The van der Waals surface area contributed by atoms with Crippen LogP contribution < -0.4 is 4.74 Å². The summed E-state index contributed by atoms with van der Waals surface area (Å²) < 4.78 is 5.73. The number of benzene rings is 3. The monoisotopic (exact) mass is 366 g/mol. The van der Waals surface area contributed by atoms with Crippen LogP contribution in [0.2, 0.25) is 0 Å². The normalized spacial score (nSPS) is 13.6. The van der Waals surface area contributed by atoms with Crippen molar-refractivity contribution in [1.29, 1.82) is 0 Å². The zero-order valence-corrected chi connectivity index (χ0v) is 16.7. The molecule has 1 heteroatoms. The zero-order chi connectivity index (χ0) is 19.5. The summed E-state index contributed by atoms with van der Waals surface area (Å²) in [4.78, 5) is 0. The summed E-state index contributed by atoms with van der Waals surface area (Å²) in [5.41, 5.74) is 9.77. The molecule has 3 aromatic rings. The third-order valence-electron chi connectivity index (χ3n) is 5.46. The maximum atomic E-state index is 5.73. The summed E-state index contributed by atoms with van der Waals surface area (Å²) in [5.74, 6) is 1.04. The number of hydrogen-bond acceptors (Lipinski definition) is 1. The second kappa shape index (κ2) is 7.90. The molecule has 1 aliphatic heterocycles. The number of aryl methyl sites for hydroxylation is 2. The summed E-state index contributed by atoms with van der Waals surface area (Å²) in [7, 11) is 0. The summed E-state index contributed by atoms with van der Waals surface area (Å²) >= 11 is 0. The van der Waals surface area contributed by atoms with Crippen molar-refractivity contribution in [3.05, 3.63) is 102 Å². The van der Waals surface area contributed by atoms with E-state index in [1.807, 2.05) is 0 Å². The van der Waals surface area contributed by atoms with Crippen LogP contribution in [0.5, 0.6) is 5.75 Å². The van der Waals surface area contributed by atoms with Crippen LogP contribution in [0.3, 0.4) is 0 Å². The van der Waals surface area contributed by atoms with Crippen LogP contribution in [-0.2, 0) is 6.42 Å². The Bertz CT molecular complexity index is 1040. The fourth-order valence-corrected chi connectivity index (χ4v) is 3.85. The smallest absolute Gasteiger partial charge is 0.122 e. The lowest BCUT2D eigenvalue weighted by Gasteiger charge is -2.18. The Morgan fingerprint density at radius 2 is 1.71 bits per heavy atom. The van der Waals surface area contributed by atoms with Gasteiger partial charge in [-0.05, 0) is 83.3 Å². The highest BCUT2D eigenvalue weighted by atomic mass is 16.5. The zero-order valence-electron chi connectivity index (χ0n) is 16.7. The molecule has 0 radical (unpaired) electrons. The first-order valence-electron chi connectivity index (χ1n) is 9.91. The van der Waals surface area contributed by atoms with Crippen molar-refractivity contribution in [2.45, 2.75) is 26.7 Å². The van der Waals surface area contributed by atoms with Gasteiger partial charge in [0.2, 0.25) is 0 Å². The number of rotatable bonds is 4. The quantitative estimate of drug-likeness (QED) is 0.447. The molecular formula is C27H26O. The molecule has 1 heterocycles. The Balaban J connectivity index is 1.55. The highest BCUT2D eigenvalue weighted by molar-refractivity contribution is 5.83. The maximum Gasteiger partial charge on any atom is 0.122 e. The van der Waals surface area contributed by atoms with Crippen LogP contribution in [0.4, 0.5) is 0 Å². The van der Waals surface area contributed by atoms with Crippen molar-refractivity contribution in [3.8, 4) is 16.9 Å². The highest BCUT2D eigenvalue weighted by Crippen LogP contribution is 2.31. The Labute approximate surface area is 168 Å². The van der Waals surface area contributed by atoms with Gasteiger partial charge in [-0.3, -0.25) is 0 Å². The van der Waals surface area contributed by atoms with Gasteiger partial charge in [0.1, 0.15) is 5.75 Å². The van der Waals surface area contributed by atoms with Crippen molar-refractivity contribution < 1.29 is 4.74 Å². The predicted molar refractivity (Wildman–Crippen MR) is 120 cm³/mol. The van der Waals surface area contributed by atoms with Crippen molar-refractivity contribution in [2.75, 3.05) is 6.61 Å². The van der Waals surface area contributed by atoms with E-state index in [1.54, 1.807) is 0 Å². The molecule has 28 heavy (non-hydrogen) atoms. The van der Waals surface area contributed by atoms with Crippen molar-refractivity contribution in [1.82, 2.24) is 0 Å². The summed E-state index contributed by atoms with van der Waals surface area (Å²) in [5, 5.41) is 0. The lowest BCUT2D eigenvalue weighted by atomic mass is 9.95. The fourth-order valence-electron chi connectivity index (χ4n) is 3.85. The van der Waals surface area contributed by atoms with Gasteiger partial charge in [-0.15, -0.1) is 0 Å². The van der Waals surface area contributed by atoms with E-state index >= 15 is 0 Å². The van der Waals surface area contributed by atoms with Crippen LogP contribution in [0.1, 0.15) is 35.6 Å². The third-order valence-corrected chi connectivity index (χ3v) is 5.46. The Morgan fingerprint density at radius 1 is 0.964 bits per heavy atom. The van der Waals surface area contributed by atoms with Gasteiger partial charge < -0.3 is 4.74 Å². The molecule has 0 aliphatic carbocycles. The number of ether oxygens (including phenoxy) is 1. The van der Waals surface area contributed by atoms with Crippen LogP contribution in [0.25, 0.3) is 22.3 Å². The Hall–Kier alpha value is -3.06. The van der Waals surface area contributed by atoms with Crippen LogP contribution in [-0.4, -0.2) is 6.61 Å². The van der Waals surface area contributed by atoms with E-state index in [2.05, 4.69) is 93.2 Å². The van der Waals surface area contributed by atoms with E-state index in [9.17, 15) is 0 Å². The molecule has 1 nitrogen and oxygen atoms in total. The molecule has 1 aliphatic rings. The minimum Gasteiger partial charge on any atom is -0.493 e. The molecule has 0 saturated carbocycles. The van der Waals surface area contributed by atoms with E-state index in [1.165, 1.54) is 33.4 Å². The van der Waals surface area contributed by atoms with Gasteiger partial charge >= 0.3 is 0 Å². The van der Waals surface area contributed by atoms with Gasteiger partial charge in [0.15, 0.2) is 0 Å². The second-order valence-electron chi connectivity index (χ2n) is 7.52. The number of hydrogen-bond donors (Lipinski definition) is 0. The topological polar surface area (TPSA) is 9.23 Å². The fraction of sp³-hybridized carbons (Fsp3) is 0.185. The first-order valence-corrected chi connectivity index (χ1v) is 9.91. The highest BCUT2D eigenvalue weighted by Gasteiger charge is 2.11. The van der Waals surface area contributed by atoms with Gasteiger partial charge in [0, 0.05) is 0 Å². The molecule has 0 amide bonds. The van der Waals surface area contributed by atoms with Gasteiger partial charge in [0.25, 0.3) is 0 Å².